The SMILES string of the molecule is CC/C=C\C/C=C\C/C=C\CCCCCCCCCCOCC(COP(=O)(O)OCC[N+](C)(C)C)OC(=O)CCCCCCCCCCCCCCCCCC. The second-order valence-electron chi connectivity index (χ2n) is 16.8. The van der Waals surface area contributed by atoms with Gasteiger partial charge in [-0.2, -0.15) is 0 Å². The van der Waals surface area contributed by atoms with Gasteiger partial charge in [-0.3, -0.25) is 13.8 Å². The summed E-state index contributed by atoms with van der Waals surface area (Å²) in [7, 11) is 1.67. The Morgan fingerprint density at radius 2 is 1.04 bits per heavy atom. The van der Waals surface area contributed by atoms with Crippen molar-refractivity contribution in [1.29, 1.82) is 0 Å². The molecule has 0 saturated carbocycles. The number of esters is 1. The van der Waals surface area contributed by atoms with Crippen LogP contribution >= 0.6 is 7.82 Å². The first-order valence-electron chi connectivity index (χ1n) is 23.2. The van der Waals surface area contributed by atoms with Crippen molar-refractivity contribution in [3.63, 3.8) is 0 Å². The van der Waals surface area contributed by atoms with Gasteiger partial charge in [-0.25, -0.2) is 4.57 Å². The van der Waals surface area contributed by atoms with Gasteiger partial charge in [0.1, 0.15) is 19.3 Å². The molecule has 0 amide bonds. The van der Waals surface area contributed by atoms with Gasteiger partial charge in [0.2, 0.25) is 0 Å². The fourth-order valence-corrected chi connectivity index (χ4v) is 7.13. The van der Waals surface area contributed by atoms with Gasteiger partial charge >= 0.3 is 13.8 Å². The zero-order valence-corrected chi connectivity index (χ0v) is 38.3. The predicted octanol–water partition coefficient (Wildman–Crippen LogP) is 13.8. The minimum absolute atomic E-state index is 0.0879. The van der Waals surface area contributed by atoms with Crippen LogP contribution in [0.1, 0.15) is 200 Å². The Kier molecular flexibility index (Phi) is 39.6. The molecule has 2 unspecified atom stereocenters. The molecule has 8 nitrogen and oxygen atoms in total. The van der Waals surface area contributed by atoms with Crippen LogP contribution in [0.15, 0.2) is 36.5 Å². The number of hydrogen-bond acceptors (Lipinski definition) is 6. The summed E-state index contributed by atoms with van der Waals surface area (Å²) in [6, 6.07) is 0. The number of carbonyl (C=O) groups excluding carboxylic acids is 1. The van der Waals surface area contributed by atoms with Crippen molar-refractivity contribution < 1.29 is 37.3 Å². The molecule has 0 aromatic carbocycles. The molecule has 330 valence electrons. The minimum atomic E-state index is -4.28. The number of phosphoric acid groups is 1. The molecule has 0 fully saturated rings. The maximum atomic E-state index is 12.7. The molecular formula is C47H91NO7P+. The second kappa shape index (κ2) is 40.5. The fraction of sp³-hybridized carbons (Fsp3) is 0.851. The molecule has 0 aliphatic carbocycles. The van der Waals surface area contributed by atoms with Gasteiger partial charge in [-0.1, -0.05) is 185 Å². The maximum Gasteiger partial charge on any atom is 0.472 e. The summed E-state index contributed by atoms with van der Waals surface area (Å²) in [6.07, 6.45) is 47.5. The maximum absolute atomic E-state index is 12.7. The van der Waals surface area contributed by atoms with Gasteiger partial charge in [-0.05, 0) is 44.9 Å². The van der Waals surface area contributed by atoms with Crippen LogP contribution in [-0.4, -0.2) is 75.6 Å². The number of likely N-dealkylation sites (N-methyl/N-ethyl adjacent to an activating group) is 1. The molecule has 0 radical (unpaired) electrons. The van der Waals surface area contributed by atoms with Gasteiger partial charge in [0.05, 0.1) is 34.4 Å². The zero-order chi connectivity index (χ0) is 41.3. The van der Waals surface area contributed by atoms with Crippen LogP contribution in [0.25, 0.3) is 0 Å². The van der Waals surface area contributed by atoms with Crippen molar-refractivity contribution in [1.82, 2.24) is 0 Å². The highest BCUT2D eigenvalue weighted by atomic mass is 31.2. The monoisotopic (exact) mass is 813 g/mol. The van der Waals surface area contributed by atoms with E-state index in [2.05, 4.69) is 50.3 Å². The van der Waals surface area contributed by atoms with E-state index in [4.69, 9.17) is 18.5 Å². The van der Waals surface area contributed by atoms with Crippen LogP contribution in [0, 0.1) is 0 Å². The Balaban J connectivity index is 4.19. The van der Waals surface area contributed by atoms with Crippen LogP contribution < -0.4 is 0 Å². The first kappa shape index (κ1) is 54.7. The fourth-order valence-electron chi connectivity index (χ4n) is 6.39. The molecule has 2 atom stereocenters. The van der Waals surface area contributed by atoms with Crippen LogP contribution in [-0.2, 0) is 27.9 Å². The van der Waals surface area contributed by atoms with Gasteiger partial charge in [0.25, 0.3) is 0 Å². The third-order valence-electron chi connectivity index (χ3n) is 9.97. The Bertz CT molecular complexity index is 994. The number of rotatable bonds is 43. The van der Waals surface area contributed by atoms with E-state index >= 15 is 0 Å². The molecule has 0 heterocycles. The van der Waals surface area contributed by atoms with E-state index < -0.39 is 13.9 Å². The summed E-state index contributed by atoms with van der Waals surface area (Å²) in [5, 5.41) is 0. The molecule has 0 aromatic rings. The molecule has 0 saturated heterocycles. The molecule has 56 heavy (non-hydrogen) atoms. The van der Waals surface area contributed by atoms with Crippen molar-refractivity contribution in [2.45, 2.75) is 206 Å². The van der Waals surface area contributed by atoms with Gasteiger partial charge in [0, 0.05) is 13.0 Å². The molecular weight excluding hydrogens is 721 g/mol. The van der Waals surface area contributed by atoms with Crippen molar-refractivity contribution in [3.8, 4) is 0 Å². The lowest BCUT2D eigenvalue weighted by Crippen LogP contribution is -2.37. The zero-order valence-electron chi connectivity index (χ0n) is 37.4. The molecule has 9 heteroatoms. The van der Waals surface area contributed by atoms with Gasteiger partial charge in [0.15, 0.2) is 0 Å². The highest BCUT2D eigenvalue weighted by molar-refractivity contribution is 7.47. The normalized spacial score (nSPS) is 14.0. The second-order valence-corrected chi connectivity index (χ2v) is 18.2. The summed E-state index contributed by atoms with van der Waals surface area (Å²) in [5.41, 5.74) is 0. The number of carbonyl (C=O) groups is 1. The van der Waals surface area contributed by atoms with Crippen molar-refractivity contribution in [2.24, 2.45) is 0 Å². The van der Waals surface area contributed by atoms with E-state index in [9.17, 15) is 14.3 Å². The molecule has 0 aliphatic heterocycles. The molecule has 1 N–H and O–H groups in total. The van der Waals surface area contributed by atoms with Gasteiger partial charge < -0.3 is 18.9 Å². The largest absolute Gasteiger partial charge is 0.472 e. The summed E-state index contributed by atoms with van der Waals surface area (Å²) in [4.78, 5) is 22.9. The third-order valence-corrected chi connectivity index (χ3v) is 11.0. The topological polar surface area (TPSA) is 91.3 Å². The van der Waals surface area contributed by atoms with Crippen LogP contribution in [0.5, 0.6) is 0 Å². The van der Waals surface area contributed by atoms with Crippen LogP contribution in [0.4, 0.5) is 0 Å². The highest BCUT2D eigenvalue weighted by Gasteiger charge is 2.26. The average Bonchev–Trinajstić information content (AvgIpc) is 3.15. The van der Waals surface area contributed by atoms with E-state index in [0.717, 1.165) is 51.4 Å². The standard InChI is InChI=1S/C47H90NO7P/c1-6-8-10-12-14-16-18-20-22-24-25-27-29-31-33-35-37-39-42-52-44-46(45-54-56(50,51)53-43-41-48(3,4)5)55-47(49)40-38-36-34-32-30-28-26-23-21-19-17-15-13-11-9-7-2/h8,10,14,16,20,22,46H,6-7,9,11-13,15,17-19,21,23-45H2,1-5H3/p+1/b10-8-,16-14-,22-20-. The molecule has 0 aromatic heterocycles. The number of ether oxygens (including phenoxy) is 2. The number of nitrogens with zero attached hydrogens (tertiary/aromatic N) is 1. The summed E-state index contributed by atoms with van der Waals surface area (Å²) in [5.74, 6) is -0.314. The number of quaternary nitrogens is 1. The number of phosphoric ester groups is 1. The number of allylic oxidation sites excluding steroid dienone is 6. The van der Waals surface area contributed by atoms with Crippen molar-refractivity contribution in [3.05, 3.63) is 36.5 Å². The van der Waals surface area contributed by atoms with Gasteiger partial charge in [-0.15, -0.1) is 0 Å². The summed E-state index contributed by atoms with van der Waals surface area (Å²) < 4.78 is 35.1. The van der Waals surface area contributed by atoms with Crippen LogP contribution in [0.3, 0.4) is 0 Å². The van der Waals surface area contributed by atoms with E-state index in [-0.39, 0.29) is 25.8 Å². The van der Waals surface area contributed by atoms with Crippen LogP contribution in [0.2, 0.25) is 0 Å². The minimum Gasteiger partial charge on any atom is -0.457 e. The Labute approximate surface area is 346 Å². The Morgan fingerprint density at radius 1 is 0.571 bits per heavy atom. The number of hydrogen-bond donors (Lipinski definition) is 1. The lowest BCUT2D eigenvalue weighted by atomic mass is 10.0. The van der Waals surface area contributed by atoms with E-state index in [1.807, 2.05) is 21.1 Å². The van der Waals surface area contributed by atoms with E-state index in [1.165, 1.54) is 128 Å². The van der Waals surface area contributed by atoms with E-state index in [1.54, 1.807) is 0 Å². The molecule has 0 rings (SSSR count). The van der Waals surface area contributed by atoms with Crippen molar-refractivity contribution in [2.75, 3.05) is 54.1 Å². The summed E-state index contributed by atoms with van der Waals surface area (Å²) >= 11 is 0. The third kappa shape index (κ3) is 43.8. The lowest BCUT2D eigenvalue weighted by molar-refractivity contribution is -0.870. The Hall–Kier alpha value is -1.28. The Morgan fingerprint density at radius 3 is 1.55 bits per heavy atom. The summed E-state index contributed by atoms with van der Waals surface area (Å²) in [6.45, 7) is 5.52. The molecule has 0 spiro atoms. The number of unbranched alkanes of at least 4 members (excludes halogenated alkanes) is 23. The highest BCUT2D eigenvalue weighted by Crippen LogP contribution is 2.43. The quantitative estimate of drug-likeness (QED) is 0.0215. The first-order chi connectivity index (χ1) is 27.1. The van der Waals surface area contributed by atoms with E-state index in [0.29, 0.717) is 24.1 Å². The predicted molar refractivity (Wildman–Crippen MR) is 238 cm³/mol. The average molecular weight is 813 g/mol. The smallest absolute Gasteiger partial charge is 0.457 e. The lowest BCUT2D eigenvalue weighted by Gasteiger charge is -2.24. The molecule has 0 aliphatic rings. The first-order valence-corrected chi connectivity index (χ1v) is 24.7. The van der Waals surface area contributed by atoms with Crippen molar-refractivity contribution >= 4 is 13.8 Å². The molecule has 0 bridgehead atoms.